The van der Waals surface area contributed by atoms with Gasteiger partial charge in [0.05, 0.1) is 12.8 Å². The van der Waals surface area contributed by atoms with Gasteiger partial charge in [-0.15, -0.1) is 0 Å². The van der Waals surface area contributed by atoms with Gasteiger partial charge >= 0.3 is 11.9 Å². The Morgan fingerprint density at radius 3 is 2.25 bits per heavy atom. The highest BCUT2D eigenvalue weighted by Crippen LogP contribution is 2.60. The summed E-state index contributed by atoms with van der Waals surface area (Å²) in [6.45, 7) is 6.22. The maximum absolute atomic E-state index is 10.2. The lowest BCUT2D eigenvalue weighted by Crippen LogP contribution is -2.70. The van der Waals surface area contributed by atoms with Crippen molar-refractivity contribution in [2.24, 2.45) is 23.7 Å². The van der Waals surface area contributed by atoms with E-state index in [0.29, 0.717) is 11.8 Å². The van der Waals surface area contributed by atoms with E-state index in [4.69, 9.17) is 29.5 Å². The van der Waals surface area contributed by atoms with Gasteiger partial charge < -0.3 is 24.8 Å². The number of carboxylic acids is 2. The normalized spacial score (nSPS) is 46.6. The van der Waals surface area contributed by atoms with Crippen LogP contribution >= 0.6 is 0 Å². The molecule has 4 saturated heterocycles. The number of aliphatic carboxylic acids is 2. The highest BCUT2D eigenvalue weighted by molar-refractivity contribution is 5.75. The van der Waals surface area contributed by atoms with Crippen LogP contribution in [0.3, 0.4) is 0 Å². The monoisotopic (exact) mass is 402 g/mol. The summed E-state index contributed by atoms with van der Waals surface area (Å²) in [5.74, 6) is -1.72. The van der Waals surface area contributed by atoms with Gasteiger partial charge in [-0.3, -0.25) is 9.59 Å². The van der Waals surface area contributed by atoms with Gasteiger partial charge in [-0.2, -0.15) is 0 Å². The van der Waals surface area contributed by atoms with Crippen LogP contribution in [0.1, 0.15) is 59.3 Å². The summed E-state index contributed by atoms with van der Waals surface area (Å²) in [7, 11) is 0. The van der Waals surface area contributed by atoms with Crippen molar-refractivity contribution in [1.29, 1.82) is 0 Å². The Labute approximate surface area is 163 Å². The number of hydrogen-bond donors (Lipinski definition) is 3. The molecule has 8 unspecified atom stereocenters. The maximum Gasteiger partial charge on any atom is 0.303 e. The SMILES string of the molecule is CC1CCC2C(C)C(O)OC3OC4(C)CCC1C32OO4.O=C(O)CCC(=O)O. The molecule has 8 atom stereocenters. The molecular formula is C19H30O9. The number of aliphatic hydroxyl groups excluding tert-OH is 1. The van der Waals surface area contributed by atoms with Gasteiger partial charge in [-0.1, -0.05) is 13.8 Å². The lowest BCUT2D eigenvalue weighted by molar-refractivity contribution is -0.576. The molecule has 0 aromatic carbocycles. The van der Waals surface area contributed by atoms with Crippen LogP contribution in [0.2, 0.25) is 0 Å². The standard InChI is InChI=1S/C15H24O5.C4H6O4/c1-8-4-5-11-9(2)12(16)17-13-15(11)10(8)6-7-14(3,18-13)19-20-15;5-3(6)1-2-4(7)8/h8-13,16H,4-7H2,1-3H3;1-2H2,(H,5,6)(H,7,8). The quantitative estimate of drug-likeness (QED) is 0.607. The average Bonchev–Trinajstić information content (AvgIpc) is 2.85. The summed E-state index contributed by atoms with van der Waals surface area (Å²) in [5.41, 5.74) is -0.549. The molecule has 5 aliphatic rings. The molecule has 4 aliphatic heterocycles. The minimum atomic E-state index is -1.08. The van der Waals surface area contributed by atoms with Crippen LogP contribution in [0.5, 0.6) is 0 Å². The van der Waals surface area contributed by atoms with Gasteiger partial charge in [0.25, 0.3) is 0 Å². The molecular weight excluding hydrogens is 372 g/mol. The third-order valence-corrected chi connectivity index (χ3v) is 6.68. The van der Waals surface area contributed by atoms with E-state index in [1.54, 1.807) is 0 Å². The van der Waals surface area contributed by atoms with E-state index in [2.05, 4.69) is 6.92 Å². The summed E-state index contributed by atoms with van der Waals surface area (Å²) in [5, 5.41) is 26.0. The smallest absolute Gasteiger partial charge is 0.303 e. The second kappa shape index (κ2) is 7.87. The fourth-order valence-electron chi connectivity index (χ4n) is 5.10. The minimum Gasteiger partial charge on any atom is -0.481 e. The molecule has 0 amide bonds. The second-order valence-electron chi connectivity index (χ2n) is 8.58. The van der Waals surface area contributed by atoms with Crippen LogP contribution < -0.4 is 0 Å². The Morgan fingerprint density at radius 2 is 1.64 bits per heavy atom. The fraction of sp³-hybridized carbons (Fsp3) is 0.895. The number of carbonyl (C=O) groups is 2. The molecule has 4 heterocycles. The summed E-state index contributed by atoms with van der Waals surface area (Å²) in [6.07, 6.45) is 2.13. The largest absolute Gasteiger partial charge is 0.481 e. The van der Waals surface area contributed by atoms with Crippen molar-refractivity contribution in [2.45, 2.75) is 83.3 Å². The number of carboxylic acid groups (broad SMARTS) is 2. The lowest BCUT2D eigenvalue weighted by atomic mass is 9.58. The number of hydrogen-bond acceptors (Lipinski definition) is 7. The summed E-state index contributed by atoms with van der Waals surface area (Å²) >= 11 is 0. The van der Waals surface area contributed by atoms with Crippen LogP contribution in [0, 0.1) is 23.7 Å². The molecule has 2 bridgehead atoms. The van der Waals surface area contributed by atoms with Crippen LogP contribution in [0.25, 0.3) is 0 Å². The highest BCUT2D eigenvalue weighted by Gasteiger charge is 2.69. The zero-order valence-electron chi connectivity index (χ0n) is 16.5. The maximum atomic E-state index is 10.2. The van der Waals surface area contributed by atoms with Crippen molar-refractivity contribution in [3.05, 3.63) is 0 Å². The third-order valence-electron chi connectivity index (χ3n) is 6.68. The summed E-state index contributed by atoms with van der Waals surface area (Å²) in [6, 6.07) is 0. The highest BCUT2D eigenvalue weighted by atomic mass is 17.3. The van der Waals surface area contributed by atoms with Crippen molar-refractivity contribution >= 4 is 11.9 Å². The van der Waals surface area contributed by atoms with E-state index in [1.807, 2.05) is 13.8 Å². The zero-order chi connectivity index (χ0) is 20.7. The topological polar surface area (TPSA) is 132 Å². The summed E-state index contributed by atoms with van der Waals surface area (Å²) < 4.78 is 11.9. The minimum absolute atomic E-state index is 0.0379. The van der Waals surface area contributed by atoms with Gasteiger partial charge in [0.1, 0.15) is 0 Å². The molecule has 0 aromatic rings. The van der Waals surface area contributed by atoms with Crippen LogP contribution in [0.15, 0.2) is 0 Å². The Hall–Kier alpha value is -1.26. The molecule has 5 fully saturated rings. The Balaban J connectivity index is 0.000000242. The van der Waals surface area contributed by atoms with Gasteiger partial charge in [0.15, 0.2) is 18.2 Å². The van der Waals surface area contributed by atoms with Crippen molar-refractivity contribution in [1.82, 2.24) is 0 Å². The lowest BCUT2D eigenvalue weighted by Gasteiger charge is -2.59. The van der Waals surface area contributed by atoms with E-state index in [1.165, 1.54) is 6.42 Å². The summed E-state index contributed by atoms with van der Waals surface area (Å²) in [4.78, 5) is 30.9. The van der Waals surface area contributed by atoms with Crippen molar-refractivity contribution in [3.63, 3.8) is 0 Å². The molecule has 5 rings (SSSR count). The Morgan fingerprint density at radius 1 is 1.00 bits per heavy atom. The zero-order valence-corrected chi connectivity index (χ0v) is 16.5. The predicted octanol–water partition coefficient (Wildman–Crippen LogP) is 2.12. The first-order chi connectivity index (χ1) is 13.1. The van der Waals surface area contributed by atoms with Crippen LogP contribution in [-0.2, 0) is 28.8 Å². The molecule has 3 N–H and O–H groups in total. The third kappa shape index (κ3) is 3.78. The number of aliphatic hydroxyl groups is 1. The molecule has 0 radical (unpaired) electrons. The number of rotatable bonds is 3. The predicted molar refractivity (Wildman–Crippen MR) is 93.6 cm³/mol. The first-order valence-corrected chi connectivity index (χ1v) is 9.91. The molecule has 9 nitrogen and oxygen atoms in total. The Kier molecular flexibility index (Phi) is 6.03. The molecule has 0 aromatic heterocycles. The first kappa shape index (κ1) is 21.4. The molecule has 1 saturated carbocycles. The van der Waals surface area contributed by atoms with Crippen LogP contribution in [-0.4, -0.2) is 51.2 Å². The Bertz CT molecular complexity index is 592. The fourth-order valence-corrected chi connectivity index (χ4v) is 5.10. The number of ether oxygens (including phenoxy) is 2. The van der Waals surface area contributed by atoms with Crippen molar-refractivity contribution in [2.75, 3.05) is 0 Å². The molecule has 9 heteroatoms. The van der Waals surface area contributed by atoms with E-state index in [9.17, 15) is 14.7 Å². The van der Waals surface area contributed by atoms with E-state index in [0.717, 1.165) is 19.3 Å². The van der Waals surface area contributed by atoms with Gasteiger partial charge in [0, 0.05) is 18.3 Å². The van der Waals surface area contributed by atoms with Gasteiger partial charge in [-0.05, 0) is 38.0 Å². The molecule has 1 spiro atoms. The second-order valence-corrected chi connectivity index (χ2v) is 8.58. The average molecular weight is 402 g/mol. The first-order valence-electron chi connectivity index (χ1n) is 9.91. The molecule has 160 valence electrons. The number of fused-ring (bicyclic) bond motifs is 2. The van der Waals surface area contributed by atoms with Gasteiger partial charge in [0.2, 0.25) is 5.79 Å². The van der Waals surface area contributed by atoms with E-state index < -0.39 is 35.9 Å². The van der Waals surface area contributed by atoms with Crippen molar-refractivity contribution in [3.8, 4) is 0 Å². The van der Waals surface area contributed by atoms with Crippen LogP contribution in [0.4, 0.5) is 0 Å². The van der Waals surface area contributed by atoms with E-state index >= 15 is 0 Å². The molecule has 28 heavy (non-hydrogen) atoms. The van der Waals surface area contributed by atoms with E-state index in [-0.39, 0.29) is 24.7 Å². The molecule has 1 aliphatic carbocycles. The van der Waals surface area contributed by atoms with Crippen molar-refractivity contribution < 1.29 is 44.2 Å². The van der Waals surface area contributed by atoms with Gasteiger partial charge in [-0.25, -0.2) is 9.78 Å².